The molecule has 3 heteroatoms. The van der Waals surface area contributed by atoms with Crippen LogP contribution in [0, 0.1) is 5.92 Å². The number of benzene rings is 2. The number of hydrogen-bond donors (Lipinski definition) is 0. The summed E-state index contributed by atoms with van der Waals surface area (Å²) in [7, 11) is 0. The van der Waals surface area contributed by atoms with E-state index < -0.39 is 0 Å². The van der Waals surface area contributed by atoms with Gasteiger partial charge in [0.25, 0.3) is 0 Å². The van der Waals surface area contributed by atoms with E-state index in [4.69, 9.17) is 28.2 Å². The molecule has 112 valence electrons. The molecule has 0 radical (unpaired) electrons. The van der Waals surface area contributed by atoms with E-state index in [1.165, 1.54) is 10.9 Å². The molecule has 0 spiro atoms. The van der Waals surface area contributed by atoms with E-state index in [0.29, 0.717) is 16.0 Å². The maximum Gasteiger partial charge on any atom is 0.0712 e. The van der Waals surface area contributed by atoms with Crippen LogP contribution in [-0.4, -0.2) is 4.98 Å². The lowest BCUT2D eigenvalue weighted by Gasteiger charge is -2.10. The zero-order valence-corrected chi connectivity index (χ0v) is 14.1. The number of rotatable bonds is 3. The molecular formula is C19H17Cl2N. The first kappa shape index (κ1) is 15.3. The molecule has 0 saturated heterocycles. The fourth-order valence-corrected chi connectivity index (χ4v) is 3.23. The lowest BCUT2D eigenvalue weighted by molar-refractivity contribution is 0.650. The zero-order chi connectivity index (χ0) is 15.7. The molecule has 22 heavy (non-hydrogen) atoms. The van der Waals surface area contributed by atoms with Crippen molar-refractivity contribution in [2.24, 2.45) is 5.92 Å². The van der Waals surface area contributed by atoms with Gasteiger partial charge in [-0.05, 0) is 48.2 Å². The summed E-state index contributed by atoms with van der Waals surface area (Å²) in [5, 5.41) is 2.46. The van der Waals surface area contributed by atoms with Gasteiger partial charge in [-0.2, -0.15) is 0 Å². The average molecular weight is 330 g/mol. The SMILES string of the molecule is CC(C)Cc1cccc2nc(-c3cc(Cl)cc(Cl)c3)ccc12. The third-order valence-electron chi connectivity index (χ3n) is 3.61. The maximum absolute atomic E-state index is 6.09. The summed E-state index contributed by atoms with van der Waals surface area (Å²) in [4.78, 5) is 4.78. The smallest absolute Gasteiger partial charge is 0.0712 e. The van der Waals surface area contributed by atoms with Gasteiger partial charge in [-0.15, -0.1) is 0 Å². The first-order valence-corrected chi connectivity index (χ1v) is 8.13. The van der Waals surface area contributed by atoms with Crippen LogP contribution in [0.4, 0.5) is 0 Å². The summed E-state index contributed by atoms with van der Waals surface area (Å²) in [6.45, 7) is 4.46. The second kappa shape index (κ2) is 6.28. The van der Waals surface area contributed by atoms with Gasteiger partial charge in [0.2, 0.25) is 0 Å². The van der Waals surface area contributed by atoms with Crippen LogP contribution in [0.3, 0.4) is 0 Å². The molecule has 3 rings (SSSR count). The van der Waals surface area contributed by atoms with Crippen LogP contribution in [0.25, 0.3) is 22.2 Å². The summed E-state index contributed by atoms with van der Waals surface area (Å²) < 4.78 is 0. The van der Waals surface area contributed by atoms with Crippen LogP contribution in [0.2, 0.25) is 10.0 Å². The van der Waals surface area contributed by atoms with Crippen molar-refractivity contribution in [1.82, 2.24) is 4.98 Å². The second-order valence-corrected chi connectivity index (χ2v) is 6.81. The Balaban J connectivity index is 2.10. The normalized spacial score (nSPS) is 11.3. The van der Waals surface area contributed by atoms with Gasteiger partial charge in [-0.25, -0.2) is 4.98 Å². The molecular weight excluding hydrogens is 313 g/mol. The van der Waals surface area contributed by atoms with Gasteiger partial charge in [-0.1, -0.05) is 55.2 Å². The molecule has 0 aliphatic carbocycles. The van der Waals surface area contributed by atoms with Crippen molar-refractivity contribution in [2.45, 2.75) is 20.3 Å². The monoisotopic (exact) mass is 329 g/mol. The van der Waals surface area contributed by atoms with Crippen molar-refractivity contribution in [1.29, 1.82) is 0 Å². The van der Waals surface area contributed by atoms with Gasteiger partial charge in [0.05, 0.1) is 11.2 Å². The number of halogens is 2. The summed E-state index contributed by atoms with van der Waals surface area (Å²) in [6.07, 6.45) is 1.06. The Morgan fingerprint density at radius 2 is 1.68 bits per heavy atom. The summed E-state index contributed by atoms with van der Waals surface area (Å²) in [6, 6.07) is 16.0. The van der Waals surface area contributed by atoms with Crippen molar-refractivity contribution >= 4 is 34.1 Å². The van der Waals surface area contributed by atoms with Crippen molar-refractivity contribution < 1.29 is 0 Å². The number of pyridine rings is 1. The highest BCUT2D eigenvalue weighted by Gasteiger charge is 2.07. The Hall–Kier alpha value is -1.57. The minimum Gasteiger partial charge on any atom is -0.248 e. The highest BCUT2D eigenvalue weighted by atomic mass is 35.5. The van der Waals surface area contributed by atoms with Crippen LogP contribution >= 0.6 is 23.2 Å². The third-order valence-corrected chi connectivity index (χ3v) is 4.05. The number of aromatic nitrogens is 1. The first-order valence-electron chi connectivity index (χ1n) is 7.38. The highest BCUT2D eigenvalue weighted by molar-refractivity contribution is 6.35. The minimum absolute atomic E-state index is 0.622. The number of nitrogens with zero attached hydrogens (tertiary/aromatic N) is 1. The molecule has 1 aromatic heterocycles. The molecule has 1 nitrogen and oxygen atoms in total. The van der Waals surface area contributed by atoms with E-state index in [1.54, 1.807) is 6.07 Å². The molecule has 0 unspecified atom stereocenters. The number of fused-ring (bicyclic) bond motifs is 1. The quantitative estimate of drug-likeness (QED) is 0.541. The van der Waals surface area contributed by atoms with E-state index in [1.807, 2.05) is 18.2 Å². The Labute approximate surface area is 140 Å². The fraction of sp³-hybridized carbons (Fsp3) is 0.211. The van der Waals surface area contributed by atoms with Crippen LogP contribution in [0.1, 0.15) is 19.4 Å². The van der Waals surface area contributed by atoms with Gasteiger partial charge >= 0.3 is 0 Å². The molecule has 0 bridgehead atoms. The highest BCUT2D eigenvalue weighted by Crippen LogP contribution is 2.28. The zero-order valence-electron chi connectivity index (χ0n) is 12.6. The number of hydrogen-bond acceptors (Lipinski definition) is 1. The molecule has 2 aromatic carbocycles. The van der Waals surface area contributed by atoms with Gasteiger partial charge < -0.3 is 0 Å². The molecule has 0 fully saturated rings. The van der Waals surface area contributed by atoms with Crippen molar-refractivity contribution in [3.8, 4) is 11.3 Å². The van der Waals surface area contributed by atoms with E-state index in [9.17, 15) is 0 Å². The Bertz CT molecular complexity index is 805. The maximum atomic E-state index is 6.09. The van der Waals surface area contributed by atoms with E-state index in [0.717, 1.165) is 23.2 Å². The summed E-state index contributed by atoms with van der Waals surface area (Å²) in [5.41, 5.74) is 4.18. The lowest BCUT2D eigenvalue weighted by Crippen LogP contribution is -1.96. The largest absolute Gasteiger partial charge is 0.248 e. The van der Waals surface area contributed by atoms with Crippen LogP contribution < -0.4 is 0 Å². The molecule has 0 amide bonds. The van der Waals surface area contributed by atoms with E-state index in [2.05, 4.69) is 38.1 Å². The van der Waals surface area contributed by atoms with Gasteiger partial charge in [0.1, 0.15) is 0 Å². The molecule has 1 heterocycles. The minimum atomic E-state index is 0.622. The Kier molecular flexibility index (Phi) is 4.37. The van der Waals surface area contributed by atoms with Crippen LogP contribution in [0.5, 0.6) is 0 Å². The van der Waals surface area contributed by atoms with Crippen molar-refractivity contribution in [2.75, 3.05) is 0 Å². The van der Waals surface area contributed by atoms with Crippen LogP contribution in [0.15, 0.2) is 48.5 Å². The second-order valence-electron chi connectivity index (χ2n) is 5.94. The molecule has 0 aliphatic heterocycles. The molecule has 0 aliphatic rings. The van der Waals surface area contributed by atoms with Gasteiger partial charge in [0, 0.05) is 21.0 Å². The van der Waals surface area contributed by atoms with E-state index in [-0.39, 0.29) is 0 Å². The molecule has 3 aromatic rings. The van der Waals surface area contributed by atoms with Crippen molar-refractivity contribution in [3.63, 3.8) is 0 Å². The standard InChI is InChI=1S/C19H17Cl2N/c1-12(2)8-13-4-3-5-19-17(13)6-7-18(22-19)14-9-15(20)11-16(21)10-14/h3-7,9-12H,8H2,1-2H3. The summed E-state index contributed by atoms with van der Waals surface area (Å²) >= 11 is 12.2. The predicted molar refractivity (Wildman–Crippen MR) is 95.7 cm³/mol. The van der Waals surface area contributed by atoms with E-state index >= 15 is 0 Å². The van der Waals surface area contributed by atoms with Crippen molar-refractivity contribution in [3.05, 3.63) is 64.1 Å². The fourth-order valence-electron chi connectivity index (χ4n) is 2.70. The Morgan fingerprint density at radius 1 is 0.955 bits per heavy atom. The molecule has 0 N–H and O–H groups in total. The van der Waals surface area contributed by atoms with Gasteiger partial charge in [-0.3, -0.25) is 0 Å². The average Bonchev–Trinajstić information content (AvgIpc) is 2.45. The Morgan fingerprint density at radius 3 is 2.36 bits per heavy atom. The predicted octanol–water partition coefficient (Wildman–Crippen LogP) is 6.41. The van der Waals surface area contributed by atoms with Gasteiger partial charge in [0.15, 0.2) is 0 Å². The lowest BCUT2D eigenvalue weighted by atomic mass is 9.98. The topological polar surface area (TPSA) is 12.9 Å². The third kappa shape index (κ3) is 3.26. The first-order chi connectivity index (χ1) is 10.5. The summed E-state index contributed by atoms with van der Waals surface area (Å²) in [5.74, 6) is 0.622. The molecule has 0 atom stereocenters. The van der Waals surface area contributed by atoms with Crippen LogP contribution in [-0.2, 0) is 6.42 Å². The molecule has 0 saturated carbocycles.